The third kappa shape index (κ3) is 8.68. The Morgan fingerprint density at radius 3 is 2.36 bits per heavy atom. The van der Waals surface area contributed by atoms with Gasteiger partial charge in [0.2, 0.25) is 0 Å². The van der Waals surface area contributed by atoms with E-state index >= 15 is 0 Å². The number of unbranched alkanes of at least 4 members (excludes halogenated alkanes) is 3. The van der Waals surface area contributed by atoms with E-state index in [1.54, 1.807) is 0 Å². The SMILES string of the molecule is CCC(Cl)CCCCCCBr. The van der Waals surface area contributed by atoms with Crippen molar-refractivity contribution in [3.63, 3.8) is 0 Å². The summed E-state index contributed by atoms with van der Waals surface area (Å²) in [5.41, 5.74) is 0. The Morgan fingerprint density at radius 2 is 1.82 bits per heavy atom. The molecule has 0 aromatic heterocycles. The first-order valence-electron chi connectivity index (χ1n) is 4.51. The molecule has 0 radical (unpaired) electrons. The van der Waals surface area contributed by atoms with E-state index in [4.69, 9.17) is 11.6 Å². The first-order chi connectivity index (χ1) is 5.31. The molecule has 0 saturated heterocycles. The zero-order chi connectivity index (χ0) is 8.53. The topological polar surface area (TPSA) is 0 Å². The summed E-state index contributed by atoms with van der Waals surface area (Å²) in [6.45, 7) is 2.15. The van der Waals surface area contributed by atoms with Gasteiger partial charge in [-0.1, -0.05) is 42.1 Å². The lowest BCUT2D eigenvalue weighted by molar-refractivity contribution is 0.609. The summed E-state index contributed by atoms with van der Waals surface area (Å²) in [7, 11) is 0. The van der Waals surface area contributed by atoms with Crippen molar-refractivity contribution in [2.45, 2.75) is 50.8 Å². The van der Waals surface area contributed by atoms with E-state index in [9.17, 15) is 0 Å². The largest absolute Gasteiger partial charge is 0.123 e. The molecule has 1 atom stereocenters. The molecular weight excluding hydrogens is 223 g/mol. The molecule has 0 aliphatic carbocycles. The van der Waals surface area contributed by atoms with E-state index in [0.29, 0.717) is 5.38 Å². The highest BCUT2D eigenvalue weighted by atomic mass is 79.9. The first kappa shape index (κ1) is 11.8. The fourth-order valence-electron chi connectivity index (χ4n) is 1.02. The summed E-state index contributed by atoms with van der Waals surface area (Å²) < 4.78 is 0. The van der Waals surface area contributed by atoms with Crippen LogP contribution >= 0.6 is 27.5 Å². The maximum absolute atomic E-state index is 5.97. The third-order valence-electron chi connectivity index (χ3n) is 1.84. The summed E-state index contributed by atoms with van der Waals surface area (Å²) in [6.07, 6.45) is 7.60. The van der Waals surface area contributed by atoms with Crippen molar-refractivity contribution < 1.29 is 0 Å². The molecule has 0 saturated carbocycles. The lowest BCUT2D eigenvalue weighted by Crippen LogP contribution is -1.94. The van der Waals surface area contributed by atoms with Gasteiger partial charge in [-0.25, -0.2) is 0 Å². The van der Waals surface area contributed by atoms with Crippen molar-refractivity contribution >= 4 is 27.5 Å². The van der Waals surface area contributed by atoms with Gasteiger partial charge in [0.05, 0.1) is 0 Å². The minimum atomic E-state index is 0.416. The van der Waals surface area contributed by atoms with Crippen molar-refractivity contribution in [2.75, 3.05) is 5.33 Å². The molecule has 1 unspecified atom stereocenters. The molecule has 11 heavy (non-hydrogen) atoms. The Balaban J connectivity index is 2.89. The second-order valence-electron chi connectivity index (χ2n) is 2.90. The monoisotopic (exact) mass is 240 g/mol. The minimum absolute atomic E-state index is 0.416. The number of hydrogen-bond donors (Lipinski definition) is 0. The van der Waals surface area contributed by atoms with Crippen molar-refractivity contribution in [3.05, 3.63) is 0 Å². The molecule has 0 heterocycles. The first-order valence-corrected chi connectivity index (χ1v) is 6.07. The summed E-state index contributed by atoms with van der Waals surface area (Å²) in [5, 5.41) is 1.56. The maximum atomic E-state index is 5.97. The predicted molar refractivity (Wildman–Crippen MR) is 56.8 cm³/mol. The van der Waals surface area contributed by atoms with Crippen LogP contribution in [0.5, 0.6) is 0 Å². The van der Waals surface area contributed by atoms with Gasteiger partial charge in [-0.2, -0.15) is 0 Å². The highest BCUT2D eigenvalue weighted by molar-refractivity contribution is 9.09. The molecular formula is C9H18BrCl. The molecule has 0 spiro atoms. The Hall–Kier alpha value is 0.770. The molecule has 0 aliphatic rings. The van der Waals surface area contributed by atoms with Crippen LogP contribution in [0.1, 0.15) is 45.4 Å². The van der Waals surface area contributed by atoms with Crippen LogP contribution in [0.25, 0.3) is 0 Å². The van der Waals surface area contributed by atoms with Gasteiger partial charge in [-0.3, -0.25) is 0 Å². The van der Waals surface area contributed by atoms with Crippen LogP contribution in [-0.2, 0) is 0 Å². The third-order valence-corrected chi connectivity index (χ3v) is 2.93. The van der Waals surface area contributed by atoms with E-state index in [0.717, 1.165) is 11.8 Å². The van der Waals surface area contributed by atoms with Crippen molar-refractivity contribution in [1.82, 2.24) is 0 Å². The molecule has 0 bridgehead atoms. The zero-order valence-corrected chi connectivity index (χ0v) is 9.62. The number of alkyl halides is 2. The summed E-state index contributed by atoms with van der Waals surface area (Å²) in [4.78, 5) is 0. The van der Waals surface area contributed by atoms with Gasteiger partial charge in [0, 0.05) is 10.7 Å². The molecule has 0 N–H and O–H groups in total. The standard InChI is InChI=1S/C9H18BrCl/c1-2-9(11)7-5-3-4-6-8-10/h9H,2-8H2,1H3. The number of hydrogen-bond acceptors (Lipinski definition) is 0. The zero-order valence-electron chi connectivity index (χ0n) is 7.28. The average molecular weight is 242 g/mol. The normalized spacial score (nSPS) is 13.4. The Bertz CT molecular complexity index is 76.0. The van der Waals surface area contributed by atoms with Crippen molar-refractivity contribution in [3.8, 4) is 0 Å². The van der Waals surface area contributed by atoms with Gasteiger partial charge in [0.15, 0.2) is 0 Å². The van der Waals surface area contributed by atoms with Gasteiger partial charge >= 0.3 is 0 Å². The van der Waals surface area contributed by atoms with Gasteiger partial charge in [-0.05, 0) is 19.3 Å². The van der Waals surface area contributed by atoms with Crippen LogP contribution in [0.15, 0.2) is 0 Å². The fraction of sp³-hybridized carbons (Fsp3) is 1.00. The molecule has 0 aliphatic heterocycles. The smallest absolute Gasteiger partial charge is 0.0333 e. The van der Waals surface area contributed by atoms with Gasteiger partial charge in [-0.15, -0.1) is 11.6 Å². The Morgan fingerprint density at radius 1 is 1.18 bits per heavy atom. The van der Waals surface area contributed by atoms with Gasteiger partial charge < -0.3 is 0 Å². The molecule has 0 aromatic rings. The van der Waals surface area contributed by atoms with E-state index < -0.39 is 0 Å². The van der Waals surface area contributed by atoms with Crippen LogP contribution < -0.4 is 0 Å². The lowest BCUT2D eigenvalue weighted by atomic mass is 10.1. The number of rotatable bonds is 7. The lowest BCUT2D eigenvalue weighted by Gasteiger charge is -2.04. The van der Waals surface area contributed by atoms with Crippen LogP contribution in [0.2, 0.25) is 0 Å². The van der Waals surface area contributed by atoms with E-state index in [1.165, 1.54) is 32.1 Å². The van der Waals surface area contributed by atoms with E-state index in [-0.39, 0.29) is 0 Å². The quantitative estimate of drug-likeness (QED) is 0.459. The summed E-state index contributed by atoms with van der Waals surface area (Å²) >= 11 is 9.39. The van der Waals surface area contributed by atoms with E-state index in [1.807, 2.05) is 0 Å². The van der Waals surface area contributed by atoms with Crippen molar-refractivity contribution in [1.29, 1.82) is 0 Å². The molecule has 68 valence electrons. The number of halogens is 2. The van der Waals surface area contributed by atoms with E-state index in [2.05, 4.69) is 22.9 Å². The van der Waals surface area contributed by atoms with Gasteiger partial charge in [0.1, 0.15) is 0 Å². The highest BCUT2D eigenvalue weighted by Crippen LogP contribution is 2.12. The molecule has 0 nitrogen and oxygen atoms in total. The summed E-state index contributed by atoms with van der Waals surface area (Å²) in [6, 6.07) is 0. The fourth-order valence-corrected chi connectivity index (χ4v) is 1.57. The maximum Gasteiger partial charge on any atom is 0.0333 e. The highest BCUT2D eigenvalue weighted by Gasteiger charge is 1.99. The van der Waals surface area contributed by atoms with Crippen LogP contribution in [-0.4, -0.2) is 10.7 Å². The van der Waals surface area contributed by atoms with Crippen molar-refractivity contribution in [2.24, 2.45) is 0 Å². The molecule has 0 rings (SSSR count). The van der Waals surface area contributed by atoms with Crippen LogP contribution in [0.3, 0.4) is 0 Å². The Kier molecular flexibility index (Phi) is 9.48. The molecule has 0 aromatic carbocycles. The van der Waals surface area contributed by atoms with Crippen LogP contribution in [0.4, 0.5) is 0 Å². The second kappa shape index (κ2) is 8.86. The minimum Gasteiger partial charge on any atom is -0.123 e. The molecule has 2 heteroatoms. The second-order valence-corrected chi connectivity index (χ2v) is 4.31. The molecule has 0 amide bonds. The predicted octanol–water partition coefficient (Wildman–Crippen LogP) is 4.35. The van der Waals surface area contributed by atoms with Crippen LogP contribution in [0, 0.1) is 0 Å². The molecule has 0 fully saturated rings. The average Bonchev–Trinajstić information content (AvgIpc) is 2.04. The summed E-state index contributed by atoms with van der Waals surface area (Å²) in [5.74, 6) is 0. The van der Waals surface area contributed by atoms with Gasteiger partial charge in [0.25, 0.3) is 0 Å². The Labute approximate surface area is 83.8 Å².